The van der Waals surface area contributed by atoms with Gasteiger partial charge in [-0.05, 0) is 24.3 Å². The Balaban J connectivity index is 1.90. The molecule has 0 bridgehead atoms. The lowest BCUT2D eigenvalue weighted by atomic mass is 10.2. The summed E-state index contributed by atoms with van der Waals surface area (Å²) in [5, 5.41) is 11.7. The molecule has 0 saturated carbocycles. The molecule has 0 atom stereocenters. The number of rotatable bonds is 6. The molecular weight excluding hydrogens is 412 g/mol. The number of hydrogen-bond acceptors (Lipinski definition) is 7. The van der Waals surface area contributed by atoms with Crippen molar-refractivity contribution in [2.24, 2.45) is 0 Å². The van der Waals surface area contributed by atoms with Crippen LogP contribution in [-0.2, 0) is 22.2 Å². The van der Waals surface area contributed by atoms with Gasteiger partial charge in [0.15, 0.2) is 15.0 Å². The van der Waals surface area contributed by atoms with Crippen LogP contribution in [0.5, 0.6) is 0 Å². The fraction of sp³-hybridized carbons (Fsp3) is 0.118. The number of aromatic nitrogens is 2. The molecule has 7 nitrogen and oxygen atoms in total. The third-order valence-electron chi connectivity index (χ3n) is 3.61. The number of nitrogens with zero attached hydrogens (tertiary/aromatic N) is 2. The van der Waals surface area contributed by atoms with Crippen LogP contribution in [0.15, 0.2) is 46.8 Å². The normalized spacial score (nSPS) is 11.4. The maximum atomic E-state index is 13.8. The van der Waals surface area contributed by atoms with Gasteiger partial charge in [-0.15, -0.1) is 0 Å². The number of thiazole rings is 1. The van der Waals surface area contributed by atoms with Crippen LogP contribution in [0.3, 0.4) is 0 Å². The van der Waals surface area contributed by atoms with Crippen LogP contribution in [0.25, 0.3) is 0 Å². The summed E-state index contributed by atoms with van der Waals surface area (Å²) in [5.74, 6) is -3.57. The number of halogens is 2. The van der Waals surface area contributed by atoms with E-state index in [1.165, 1.54) is 12.3 Å². The first-order valence-corrected chi connectivity index (χ1v) is 10.3. The van der Waals surface area contributed by atoms with Crippen molar-refractivity contribution in [1.82, 2.24) is 9.97 Å². The number of pyridine rings is 1. The maximum Gasteiger partial charge on any atom is 0.276 e. The van der Waals surface area contributed by atoms with Gasteiger partial charge in [-0.3, -0.25) is 15.1 Å². The lowest BCUT2D eigenvalue weighted by Crippen LogP contribution is -2.13. The summed E-state index contributed by atoms with van der Waals surface area (Å²) >= 11 is 0.581. The van der Waals surface area contributed by atoms with E-state index in [1.54, 1.807) is 12.1 Å². The fourth-order valence-corrected chi connectivity index (χ4v) is 5.20. The number of aliphatic hydroxyl groups excluding tert-OH is 1. The Kier molecular flexibility index (Phi) is 5.77. The van der Waals surface area contributed by atoms with E-state index in [0.29, 0.717) is 11.3 Å². The second-order valence-corrected chi connectivity index (χ2v) is 8.72. The largest absolute Gasteiger partial charge is 0.390 e. The molecule has 3 rings (SSSR count). The lowest BCUT2D eigenvalue weighted by Gasteiger charge is -2.06. The summed E-state index contributed by atoms with van der Waals surface area (Å²) in [6, 6.07) is 7.70. The second kappa shape index (κ2) is 8.09. The zero-order chi connectivity index (χ0) is 20.3. The Hall–Kier alpha value is -2.76. The highest BCUT2D eigenvalue weighted by molar-refractivity contribution is 7.92. The van der Waals surface area contributed by atoms with Crippen molar-refractivity contribution in [3.8, 4) is 0 Å². The number of hydrogen-bond donors (Lipinski definition) is 2. The number of carbonyl (C=O) groups excluding carboxylic acids is 1. The third-order valence-corrected chi connectivity index (χ3v) is 6.90. The summed E-state index contributed by atoms with van der Waals surface area (Å²) in [7, 11) is -4.23. The zero-order valence-electron chi connectivity index (χ0n) is 14.1. The van der Waals surface area contributed by atoms with E-state index in [2.05, 4.69) is 15.3 Å². The average molecular weight is 425 g/mol. The Morgan fingerprint density at radius 3 is 2.46 bits per heavy atom. The van der Waals surface area contributed by atoms with E-state index < -0.39 is 45.3 Å². The molecule has 28 heavy (non-hydrogen) atoms. The van der Waals surface area contributed by atoms with Crippen molar-refractivity contribution >= 4 is 32.2 Å². The molecule has 0 saturated heterocycles. The third kappa shape index (κ3) is 4.21. The lowest BCUT2D eigenvalue weighted by molar-refractivity contribution is 0.102. The molecule has 0 aliphatic rings. The summed E-state index contributed by atoms with van der Waals surface area (Å²) in [4.78, 5) is 19.9. The van der Waals surface area contributed by atoms with Crippen LogP contribution < -0.4 is 5.32 Å². The molecule has 0 unspecified atom stereocenters. The molecule has 0 radical (unpaired) electrons. The van der Waals surface area contributed by atoms with Gasteiger partial charge in [-0.25, -0.2) is 22.2 Å². The Morgan fingerprint density at radius 1 is 1.14 bits per heavy atom. The van der Waals surface area contributed by atoms with Crippen molar-refractivity contribution in [3.63, 3.8) is 0 Å². The quantitative estimate of drug-likeness (QED) is 0.628. The number of aliphatic hydroxyl groups is 1. The summed E-state index contributed by atoms with van der Waals surface area (Å²) in [5.41, 5.74) is -0.752. The molecule has 1 amide bonds. The van der Waals surface area contributed by atoms with Gasteiger partial charge < -0.3 is 5.11 Å². The predicted octanol–water partition coefficient (Wildman–Crippen LogP) is 2.53. The number of sulfone groups is 1. The smallest absolute Gasteiger partial charge is 0.276 e. The first-order chi connectivity index (χ1) is 13.3. The number of benzene rings is 1. The Morgan fingerprint density at radius 2 is 1.86 bits per heavy atom. The molecule has 2 aromatic heterocycles. The molecule has 2 heterocycles. The van der Waals surface area contributed by atoms with Gasteiger partial charge in [0.05, 0.1) is 18.1 Å². The molecule has 11 heteroatoms. The van der Waals surface area contributed by atoms with Crippen molar-refractivity contribution in [2.45, 2.75) is 16.6 Å². The van der Waals surface area contributed by atoms with E-state index in [1.807, 2.05) is 0 Å². The number of anilines is 1. The number of carbonyl (C=O) groups is 1. The summed E-state index contributed by atoms with van der Waals surface area (Å²) < 4.78 is 52.6. The number of amides is 1. The zero-order valence-corrected chi connectivity index (χ0v) is 15.7. The van der Waals surface area contributed by atoms with Crippen LogP contribution >= 0.6 is 11.3 Å². The van der Waals surface area contributed by atoms with Crippen molar-refractivity contribution < 1.29 is 27.1 Å². The molecule has 0 spiro atoms. The molecule has 1 aromatic carbocycles. The molecular formula is C17H13F2N3O4S2. The molecule has 0 fully saturated rings. The van der Waals surface area contributed by atoms with Crippen molar-refractivity contribution in [2.75, 3.05) is 5.32 Å². The molecule has 146 valence electrons. The fourth-order valence-electron chi connectivity index (χ4n) is 2.32. The molecule has 2 N–H and O–H groups in total. The molecule has 0 aliphatic carbocycles. The predicted molar refractivity (Wildman–Crippen MR) is 97.5 cm³/mol. The van der Waals surface area contributed by atoms with Crippen molar-refractivity contribution in [1.29, 1.82) is 0 Å². The Labute approximate surface area is 162 Å². The van der Waals surface area contributed by atoms with Gasteiger partial charge >= 0.3 is 0 Å². The van der Waals surface area contributed by atoms with Gasteiger partial charge in [0.2, 0.25) is 0 Å². The minimum absolute atomic E-state index is 0.0843. The SMILES string of the molecule is O=C(Nc1nc(CO)c(S(=O)(=O)Cc2c(F)cccc2F)s1)c1ccccn1. The van der Waals surface area contributed by atoms with Crippen LogP contribution in [0.4, 0.5) is 13.9 Å². The summed E-state index contributed by atoms with van der Waals surface area (Å²) in [6.45, 7) is -0.732. The standard InChI is InChI=1S/C17H13F2N3O4S2/c18-11-4-3-5-12(19)10(11)9-28(25,26)16-14(8-23)21-17(27-16)22-15(24)13-6-1-2-7-20-13/h1-7,23H,8-9H2,(H,21,22,24). The van der Waals surface area contributed by atoms with Gasteiger partial charge in [-0.1, -0.05) is 23.5 Å². The minimum atomic E-state index is -4.23. The minimum Gasteiger partial charge on any atom is -0.390 e. The van der Waals surface area contributed by atoms with E-state index in [0.717, 1.165) is 18.2 Å². The topological polar surface area (TPSA) is 109 Å². The van der Waals surface area contributed by atoms with Crippen LogP contribution in [0, 0.1) is 11.6 Å². The number of nitrogens with one attached hydrogen (secondary N) is 1. The van der Waals surface area contributed by atoms with Crippen LogP contribution in [0.2, 0.25) is 0 Å². The van der Waals surface area contributed by atoms with E-state index in [4.69, 9.17) is 0 Å². The van der Waals surface area contributed by atoms with E-state index in [9.17, 15) is 27.1 Å². The second-order valence-electron chi connectivity index (χ2n) is 5.54. The van der Waals surface area contributed by atoms with E-state index >= 15 is 0 Å². The van der Waals surface area contributed by atoms with Gasteiger partial charge in [0.1, 0.15) is 21.5 Å². The molecule has 0 aliphatic heterocycles. The van der Waals surface area contributed by atoms with E-state index in [-0.39, 0.29) is 20.7 Å². The van der Waals surface area contributed by atoms with Crippen molar-refractivity contribution in [3.05, 3.63) is 71.2 Å². The van der Waals surface area contributed by atoms with Crippen LogP contribution in [0.1, 0.15) is 21.7 Å². The highest BCUT2D eigenvalue weighted by atomic mass is 32.2. The highest BCUT2D eigenvalue weighted by Gasteiger charge is 2.27. The Bertz CT molecular complexity index is 1100. The first kappa shape index (κ1) is 20.0. The highest BCUT2D eigenvalue weighted by Crippen LogP contribution is 2.31. The monoisotopic (exact) mass is 425 g/mol. The van der Waals surface area contributed by atoms with Gasteiger partial charge in [-0.2, -0.15) is 0 Å². The summed E-state index contributed by atoms with van der Waals surface area (Å²) in [6.07, 6.45) is 1.41. The molecule has 3 aromatic rings. The average Bonchev–Trinajstić information content (AvgIpc) is 3.09. The van der Waals surface area contributed by atoms with Gasteiger partial charge in [0.25, 0.3) is 5.91 Å². The van der Waals surface area contributed by atoms with Crippen LogP contribution in [-0.4, -0.2) is 29.4 Å². The first-order valence-electron chi connectivity index (χ1n) is 7.80. The maximum absolute atomic E-state index is 13.8. The van der Waals surface area contributed by atoms with Gasteiger partial charge in [0, 0.05) is 11.8 Å².